The van der Waals surface area contributed by atoms with E-state index in [4.69, 9.17) is 23.2 Å². The molecule has 0 aromatic carbocycles. The van der Waals surface area contributed by atoms with Crippen molar-refractivity contribution in [1.29, 1.82) is 0 Å². The zero-order valence-electron chi connectivity index (χ0n) is 8.69. The molecule has 0 aliphatic heterocycles. The van der Waals surface area contributed by atoms with Crippen LogP contribution in [0.5, 0.6) is 0 Å². The molecule has 1 N–H and O–H groups in total. The third-order valence-electron chi connectivity index (χ3n) is 1.94. The second-order valence-corrected chi connectivity index (χ2v) is 3.85. The predicted molar refractivity (Wildman–Crippen MR) is 64.2 cm³/mol. The molecule has 0 bridgehead atoms. The minimum absolute atomic E-state index is 0.0141. The first-order valence-electron chi connectivity index (χ1n) is 4.68. The van der Waals surface area contributed by atoms with Crippen molar-refractivity contribution in [3.63, 3.8) is 0 Å². The summed E-state index contributed by atoms with van der Waals surface area (Å²) in [5.74, 6) is -1.42. The minimum atomic E-state index is -0.760. The van der Waals surface area contributed by atoms with Gasteiger partial charge in [0.25, 0.3) is 5.91 Å². The van der Waals surface area contributed by atoms with E-state index in [1.54, 1.807) is 0 Å². The highest BCUT2D eigenvalue weighted by molar-refractivity contribution is 6.38. The van der Waals surface area contributed by atoms with E-state index < -0.39 is 11.9 Å². The molecule has 2 rings (SSSR count). The Morgan fingerprint density at radius 3 is 2.50 bits per heavy atom. The smallest absolute Gasteiger partial charge is 0.274 e. The molecule has 0 unspecified atom stereocenters. The summed E-state index contributed by atoms with van der Waals surface area (Å²) < 4.78 is 12.9. The van der Waals surface area contributed by atoms with Gasteiger partial charge in [-0.1, -0.05) is 29.3 Å². The summed E-state index contributed by atoms with van der Waals surface area (Å²) in [4.78, 5) is 22.5. The van der Waals surface area contributed by atoms with E-state index >= 15 is 0 Å². The average molecular weight is 287 g/mol. The Kier molecular flexibility index (Phi) is 3.69. The van der Waals surface area contributed by atoms with E-state index in [1.165, 1.54) is 12.1 Å². The quantitative estimate of drug-likeness (QED) is 0.681. The van der Waals surface area contributed by atoms with Gasteiger partial charge in [-0.2, -0.15) is 4.39 Å². The van der Waals surface area contributed by atoms with Crippen molar-refractivity contribution in [2.45, 2.75) is 0 Å². The second-order valence-electron chi connectivity index (χ2n) is 3.13. The largest absolute Gasteiger partial charge is 0.315 e. The summed E-state index contributed by atoms with van der Waals surface area (Å²) in [6.45, 7) is 0. The average Bonchev–Trinajstić information content (AvgIpc) is 2.34. The molecule has 2 aromatic rings. The molecule has 18 heavy (non-hydrogen) atoms. The van der Waals surface area contributed by atoms with Crippen LogP contribution in [0.2, 0.25) is 10.3 Å². The number of nitrogens with one attached hydrogen (secondary N) is 1. The topological polar surface area (TPSA) is 67.8 Å². The van der Waals surface area contributed by atoms with E-state index in [0.29, 0.717) is 0 Å². The molecule has 0 aliphatic carbocycles. The first-order valence-corrected chi connectivity index (χ1v) is 5.43. The summed E-state index contributed by atoms with van der Waals surface area (Å²) >= 11 is 11.5. The van der Waals surface area contributed by atoms with Gasteiger partial charge in [0.15, 0.2) is 10.3 Å². The molecule has 0 fully saturated rings. The summed E-state index contributed by atoms with van der Waals surface area (Å²) in [6, 6.07) is 3.84. The Labute approximate surface area is 111 Å². The highest BCUT2D eigenvalue weighted by Gasteiger charge is 2.14. The van der Waals surface area contributed by atoms with Crippen molar-refractivity contribution < 1.29 is 9.18 Å². The van der Waals surface area contributed by atoms with Gasteiger partial charge in [-0.05, 0) is 12.1 Å². The first kappa shape index (κ1) is 12.7. The fraction of sp³-hybridized carbons (Fsp3) is 0. The number of carbonyl (C=O) groups excluding carboxylic acids is 1. The second kappa shape index (κ2) is 5.24. The monoisotopic (exact) mass is 286 g/mol. The molecule has 2 aromatic heterocycles. The van der Waals surface area contributed by atoms with Gasteiger partial charge in [0, 0.05) is 0 Å². The number of amides is 1. The molecule has 0 saturated carbocycles. The van der Waals surface area contributed by atoms with Crippen molar-refractivity contribution in [3.05, 3.63) is 46.5 Å². The van der Waals surface area contributed by atoms with Crippen LogP contribution < -0.4 is 5.32 Å². The normalized spacial score (nSPS) is 10.2. The van der Waals surface area contributed by atoms with Crippen molar-refractivity contribution in [2.75, 3.05) is 5.32 Å². The molecule has 2 heterocycles. The van der Waals surface area contributed by atoms with E-state index in [0.717, 1.165) is 12.4 Å². The van der Waals surface area contributed by atoms with Crippen LogP contribution >= 0.6 is 23.2 Å². The first-order chi connectivity index (χ1) is 8.58. The number of hydrogen-bond acceptors (Lipinski definition) is 4. The lowest BCUT2D eigenvalue weighted by atomic mass is 10.3. The van der Waals surface area contributed by atoms with Crippen LogP contribution in [0.4, 0.5) is 10.1 Å². The van der Waals surface area contributed by atoms with Gasteiger partial charge in [0.2, 0.25) is 5.95 Å². The van der Waals surface area contributed by atoms with Gasteiger partial charge < -0.3 is 5.32 Å². The molecular weight excluding hydrogens is 282 g/mol. The number of anilines is 1. The summed E-state index contributed by atoms with van der Waals surface area (Å²) in [7, 11) is 0. The molecule has 0 atom stereocenters. The van der Waals surface area contributed by atoms with E-state index in [-0.39, 0.29) is 21.7 Å². The van der Waals surface area contributed by atoms with Crippen molar-refractivity contribution in [1.82, 2.24) is 15.0 Å². The Morgan fingerprint density at radius 1 is 1.22 bits per heavy atom. The molecule has 0 spiro atoms. The van der Waals surface area contributed by atoms with E-state index in [1.807, 2.05) is 0 Å². The molecule has 0 aliphatic rings. The Balaban J connectivity index is 2.27. The maximum absolute atomic E-state index is 12.9. The molecular formula is C10H5Cl2FN4O. The molecule has 8 heteroatoms. The fourth-order valence-corrected chi connectivity index (χ4v) is 1.57. The van der Waals surface area contributed by atoms with Gasteiger partial charge in [-0.3, -0.25) is 4.79 Å². The predicted octanol–water partition coefficient (Wildman–Crippen LogP) is 2.57. The maximum atomic E-state index is 12.9. The highest BCUT2D eigenvalue weighted by atomic mass is 35.5. The Hall–Kier alpha value is -1.79. The van der Waals surface area contributed by atoms with Crippen LogP contribution in [0.25, 0.3) is 0 Å². The molecule has 0 radical (unpaired) electrons. The third-order valence-corrected chi connectivity index (χ3v) is 2.51. The van der Waals surface area contributed by atoms with Crippen LogP contribution in [-0.2, 0) is 0 Å². The summed E-state index contributed by atoms with van der Waals surface area (Å²) in [5, 5.41) is 2.34. The standard InChI is InChI=1S/C10H5Cl2FN4O/c11-8-7(9(12)15-4-14-8)17-10(18)5-2-1-3-6(13)16-5/h1-4H,(H,17,18). The maximum Gasteiger partial charge on any atom is 0.274 e. The third kappa shape index (κ3) is 2.72. The van der Waals surface area contributed by atoms with Crippen LogP contribution in [0.15, 0.2) is 24.5 Å². The lowest BCUT2D eigenvalue weighted by molar-refractivity contribution is 0.102. The minimum Gasteiger partial charge on any atom is -0.315 e. The SMILES string of the molecule is O=C(Nc1c(Cl)ncnc1Cl)c1cccc(F)n1. The van der Waals surface area contributed by atoms with Gasteiger partial charge >= 0.3 is 0 Å². The summed E-state index contributed by atoms with van der Waals surface area (Å²) in [6.07, 6.45) is 1.15. The number of nitrogens with zero attached hydrogens (tertiary/aromatic N) is 3. The lowest BCUT2D eigenvalue weighted by Gasteiger charge is -2.06. The van der Waals surface area contributed by atoms with Gasteiger partial charge in [-0.25, -0.2) is 15.0 Å². The van der Waals surface area contributed by atoms with Crippen LogP contribution in [0, 0.1) is 5.95 Å². The number of halogens is 3. The van der Waals surface area contributed by atoms with Gasteiger partial charge in [0.1, 0.15) is 17.7 Å². The van der Waals surface area contributed by atoms with Crippen LogP contribution in [0.3, 0.4) is 0 Å². The van der Waals surface area contributed by atoms with Crippen LogP contribution in [-0.4, -0.2) is 20.9 Å². The number of aromatic nitrogens is 3. The zero-order chi connectivity index (χ0) is 13.1. The van der Waals surface area contributed by atoms with Gasteiger partial charge in [-0.15, -0.1) is 0 Å². The van der Waals surface area contributed by atoms with Crippen molar-refractivity contribution in [3.8, 4) is 0 Å². The van der Waals surface area contributed by atoms with E-state index in [9.17, 15) is 9.18 Å². The number of pyridine rings is 1. The van der Waals surface area contributed by atoms with Crippen molar-refractivity contribution >= 4 is 34.8 Å². The molecule has 92 valence electrons. The summed E-state index contributed by atoms with van der Waals surface area (Å²) in [5.41, 5.74) is -0.0529. The van der Waals surface area contributed by atoms with Crippen LogP contribution in [0.1, 0.15) is 10.5 Å². The van der Waals surface area contributed by atoms with Crippen molar-refractivity contribution in [2.24, 2.45) is 0 Å². The molecule has 5 nitrogen and oxygen atoms in total. The highest BCUT2D eigenvalue weighted by Crippen LogP contribution is 2.25. The number of rotatable bonds is 2. The zero-order valence-corrected chi connectivity index (χ0v) is 10.2. The number of hydrogen-bond donors (Lipinski definition) is 1. The lowest BCUT2D eigenvalue weighted by Crippen LogP contribution is -2.15. The molecule has 0 saturated heterocycles. The fourth-order valence-electron chi connectivity index (χ4n) is 1.16. The number of carbonyl (C=O) groups is 1. The molecule has 1 amide bonds. The van der Waals surface area contributed by atoms with Gasteiger partial charge in [0.05, 0.1) is 0 Å². The Bertz CT molecular complexity index is 588. The Morgan fingerprint density at radius 2 is 1.89 bits per heavy atom. The van der Waals surface area contributed by atoms with E-state index in [2.05, 4.69) is 20.3 Å².